The van der Waals surface area contributed by atoms with Crippen LogP contribution >= 0.6 is 0 Å². The van der Waals surface area contributed by atoms with Crippen LogP contribution in [0, 0.1) is 12.7 Å². The number of hydrogen-bond acceptors (Lipinski definition) is 4. The van der Waals surface area contributed by atoms with Crippen LogP contribution < -0.4 is 0 Å². The van der Waals surface area contributed by atoms with Gasteiger partial charge in [-0.15, -0.1) is 0 Å². The first kappa shape index (κ1) is 13.3. The second kappa shape index (κ2) is 4.50. The highest BCUT2D eigenvalue weighted by Crippen LogP contribution is 2.24. The van der Waals surface area contributed by atoms with Crippen LogP contribution in [0.15, 0.2) is 23.8 Å². The number of benzene rings is 1. The molecular weight excluding hydrogens is 251 g/mol. The summed E-state index contributed by atoms with van der Waals surface area (Å²) in [6.07, 6.45) is 1.25. The lowest BCUT2D eigenvalue weighted by molar-refractivity contribution is -0.222. The zero-order valence-electron chi connectivity index (χ0n) is 10.8. The lowest BCUT2D eigenvalue weighted by Gasteiger charge is -2.29. The Kier molecular flexibility index (Phi) is 3.14. The molecule has 0 aromatic heterocycles. The van der Waals surface area contributed by atoms with Crippen molar-refractivity contribution in [2.45, 2.75) is 26.6 Å². The highest BCUT2D eigenvalue weighted by molar-refractivity contribution is 6.18. The molecule has 0 bridgehead atoms. The minimum absolute atomic E-state index is 0.248. The van der Waals surface area contributed by atoms with E-state index in [4.69, 9.17) is 9.47 Å². The lowest BCUT2D eigenvalue weighted by Crippen LogP contribution is -2.41. The molecule has 5 heteroatoms. The molecule has 1 fully saturated rings. The van der Waals surface area contributed by atoms with Crippen LogP contribution in [-0.4, -0.2) is 17.7 Å². The Morgan fingerprint density at radius 2 is 1.74 bits per heavy atom. The van der Waals surface area contributed by atoms with E-state index in [1.165, 1.54) is 26.0 Å². The van der Waals surface area contributed by atoms with Crippen molar-refractivity contribution in [3.05, 3.63) is 40.7 Å². The van der Waals surface area contributed by atoms with E-state index >= 15 is 0 Å². The largest absolute Gasteiger partial charge is 0.419 e. The van der Waals surface area contributed by atoms with Crippen molar-refractivity contribution in [3.8, 4) is 0 Å². The maximum atomic E-state index is 13.4. The summed E-state index contributed by atoms with van der Waals surface area (Å²) in [5.41, 5.74) is 0.631. The molecular formula is C14H13FO4. The predicted octanol–water partition coefficient (Wildman–Crippen LogP) is 2.35. The molecule has 0 saturated carbocycles. The molecule has 1 aromatic carbocycles. The average molecular weight is 264 g/mol. The van der Waals surface area contributed by atoms with Gasteiger partial charge in [0.2, 0.25) is 0 Å². The first-order valence-corrected chi connectivity index (χ1v) is 5.73. The van der Waals surface area contributed by atoms with Gasteiger partial charge in [0.25, 0.3) is 5.79 Å². The van der Waals surface area contributed by atoms with Gasteiger partial charge in [0, 0.05) is 13.8 Å². The number of hydrogen-bond donors (Lipinski definition) is 0. The van der Waals surface area contributed by atoms with Gasteiger partial charge in [-0.3, -0.25) is 0 Å². The summed E-state index contributed by atoms with van der Waals surface area (Å²) in [6, 6.07) is 4.40. The molecule has 0 amide bonds. The zero-order chi connectivity index (χ0) is 14.2. The third-order valence-electron chi connectivity index (χ3n) is 2.62. The maximum absolute atomic E-state index is 13.4. The van der Waals surface area contributed by atoms with Crippen molar-refractivity contribution in [2.75, 3.05) is 0 Å². The van der Waals surface area contributed by atoms with Gasteiger partial charge in [-0.25, -0.2) is 14.0 Å². The molecule has 1 saturated heterocycles. The van der Waals surface area contributed by atoms with E-state index in [9.17, 15) is 14.0 Å². The Balaban J connectivity index is 2.35. The highest BCUT2D eigenvalue weighted by Gasteiger charge is 2.38. The molecule has 1 aromatic rings. The number of cyclic esters (lactones) is 2. The predicted molar refractivity (Wildman–Crippen MR) is 65.4 cm³/mol. The number of esters is 2. The van der Waals surface area contributed by atoms with Gasteiger partial charge in [0.15, 0.2) is 0 Å². The smallest absolute Gasteiger partial charge is 0.348 e. The second-order valence-corrected chi connectivity index (χ2v) is 4.75. The fourth-order valence-corrected chi connectivity index (χ4v) is 1.64. The normalized spacial score (nSPS) is 17.8. The van der Waals surface area contributed by atoms with E-state index in [0.717, 1.165) is 0 Å². The van der Waals surface area contributed by atoms with Gasteiger partial charge in [0.1, 0.15) is 11.4 Å². The van der Waals surface area contributed by atoms with Crippen molar-refractivity contribution in [1.29, 1.82) is 0 Å². The number of halogens is 1. The molecule has 0 radical (unpaired) electrons. The Bertz CT molecular complexity index is 565. The Labute approximate surface area is 109 Å². The standard InChI is InChI=1S/C14H13FO4/c1-8-4-5-9(7-11(8)15)6-10-12(16)18-14(2,3)19-13(10)17/h4-7H,1-3H3. The highest BCUT2D eigenvalue weighted by atomic mass is 19.1. The van der Waals surface area contributed by atoms with Crippen LogP contribution in [0.3, 0.4) is 0 Å². The van der Waals surface area contributed by atoms with Gasteiger partial charge in [0.05, 0.1) is 0 Å². The zero-order valence-corrected chi connectivity index (χ0v) is 10.8. The minimum atomic E-state index is -1.27. The Morgan fingerprint density at radius 3 is 2.26 bits per heavy atom. The summed E-state index contributed by atoms with van der Waals surface area (Å²) in [6.45, 7) is 4.55. The van der Waals surface area contributed by atoms with Crippen molar-refractivity contribution >= 4 is 18.0 Å². The van der Waals surface area contributed by atoms with Gasteiger partial charge >= 0.3 is 11.9 Å². The van der Waals surface area contributed by atoms with Gasteiger partial charge in [-0.1, -0.05) is 12.1 Å². The Hall–Kier alpha value is -2.17. The third-order valence-corrected chi connectivity index (χ3v) is 2.62. The van der Waals surface area contributed by atoms with Crippen LogP contribution in [0.25, 0.3) is 6.08 Å². The summed E-state index contributed by atoms with van der Waals surface area (Å²) in [5.74, 6) is -3.24. The average Bonchev–Trinajstić information content (AvgIpc) is 2.27. The molecule has 0 aliphatic carbocycles. The summed E-state index contributed by atoms with van der Waals surface area (Å²) in [7, 11) is 0. The molecule has 4 nitrogen and oxygen atoms in total. The first-order chi connectivity index (χ1) is 8.78. The topological polar surface area (TPSA) is 52.6 Å². The molecule has 100 valence electrons. The van der Waals surface area contributed by atoms with E-state index in [0.29, 0.717) is 11.1 Å². The first-order valence-electron chi connectivity index (χ1n) is 5.73. The molecule has 2 rings (SSSR count). The molecule has 1 aliphatic rings. The van der Waals surface area contributed by atoms with Crippen molar-refractivity contribution in [2.24, 2.45) is 0 Å². The molecule has 0 unspecified atom stereocenters. The number of aryl methyl sites for hydroxylation is 1. The number of rotatable bonds is 1. The molecule has 0 N–H and O–H groups in total. The van der Waals surface area contributed by atoms with Gasteiger partial charge in [-0.2, -0.15) is 0 Å². The number of ether oxygens (including phenoxy) is 2. The summed E-state index contributed by atoms with van der Waals surface area (Å²) in [5, 5.41) is 0. The number of carbonyl (C=O) groups is 2. The van der Waals surface area contributed by atoms with Gasteiger partial charge < -0.3 is 9.47 Å². The summed E-state index contributed by atoms with van der Waals surface area (Å²) < 4.78 is 23.3. The molecule has 0 spiro atoms. The van der Waals surface area contributed by atoms with Crippen molar-refractivity contribution < 1.29 is 23.5 Å². The Morgan fingerprint density at radius 1 is 1.16 bits per heavy atom. The van der Waals surface area contributed by atoms with Crippen molar-refractivity contribution in [3.63, 3.8) is 0 Å². The maximum Gasteiger partial charge on any atom is 0.348 e. The van der Waals surface area contributed by atoms with E-state index in [2.05, 4.69) is 0 Å². The van der Waals surface area contributed by atoms with Crippen LogP contribution in [0.1, 0.15) is 25.0 Å². The second-order valence-electron chi connectivity index (χ2n) is 4.75. The molecule has 19 heavy (non-hydrogen) atoms. The SMILES string of the molecule is Cc1ccc(C=C2C(=O)OC(C)(C)OC2=O)cc1F. The van der Waals surface area contributed by atoms with E-state index in [1.54, 1.807) is 19.1 Å². The monoisotopic (exact) mass is 264 g/mol. The third kappa shape index (κ3) is 2.81. The summed E-state index contributed by atoms with van der Waals surface area (Å²) >= 11 is 0. The van der Waals surface area contributed by atoms with E-state index in [1.807, 2.05) is 0 Å². The fraction of sp³-hybridized carbons (Fsp3) is 0.286. The molecule has 1 aliphatic heterocycles. The van der Waals surface area contributed by atoms with Crippen LogP contribution in [-0.2, 0) is 19.1 Å². The van der Waals surface area contributed by atoms with Crippen LogP contribution in [0.4, 0.5) is 4.39 Å². The number of carbonyl (C=O) groups excluding carboxylic acids is 2. The molecule has 1 heterocycles. The van der Waals surface area contributed by atoms with Crippen molar-refractivity contribution in [1.82, 2.24) is 0 Å². The van der Waals surface area contributed by atoms with Crippen LogP contribution in [0.2, 0.25) is 0 Å². The van der Waals surface area contributed by atoms with Crippen LogP contribution in [0.5, 0.6) is 0 Å². The lowest BCUT2D eigenvalue weighted by atomic mass is 10.1. The van der Waals surface area contributed by atoms with E-state index in [-0.39, 0.29) is 5.57 Å². The fourth-order valence-electron chi connectivity index (χ4n) is 1.64. The minimum Gasteiger partial charge on any atom is -0.419 e. The quantitative estimate of drug-likeness (QED) is 0.444. The summed E-state index contributed by atoms with van der Waals surface area (Å²) in [4.78, 5) is 23.4. The molecule has 0 atom stereocenters. The van der Waals surface area contributed by atoms with E-state index < -0.39 is 23.5 Å². The van der Waals surface area contributed by atoms with Gasteiger partial charge in [-0.05, 0) is 30.2 Å².